The number of nitrogens with two attached hydrogens (primary N) is 1. The fourth-order valence-corrected chi connectivity index (χ4v) is 3.81. The molecule has 3 nitrogen and oxygen atoms in total. The second kappa shape index (κ2) is 11.9. The van der Waals surface area contributed by atoms with Crippen LogP contribution in [-0.4, -0.2) is 34.7 Å². The van der Waals surface area contributed by atoms with Crippen LogP contribution in [0.5, 0.6) is 0 Å². The quantitative estimate of drug-likeness (QED) is 0.325. The zero-order valence-electron chi connectivity index (χ0n) is 16.0. The lowest BCUT2D eigenvalue weighted by molar-refractivity contribution is -0.139. The number of aryl methyl sites for hydroxylation is 1. The summed E-state index contributed by atoms with van der Waals surface area (Å²) >= 11 is 1.25. The molecule has 0 heterocycles. The van der Waals surface area contributed by atoms with Crippen molar-refractivity contribution in [2.45, 2.75) is 74.9 Å². The number of benzene rings is 1. The molecule has 0 atom stereocenters. The first-order chi connectivity index (χ1) is 12.8. The number of aliphatic hydroxyl groups is 2. The van der Waals surface area contributed by atoms with Crippen molar-refractivity contribution in [1.29, 1.82) is 0 Å². The number of hydrogen-bond donors (Lipinski definition) is 3. The minimum Gasteiger partial charge on any atom is -0.394 e. The van der Waals surface area contributed by atoms with E-state index >= 15 is 0 Å². The van der Waals surface area contributed by atoms with Gasteiger partial charge in [0.05, 0.1) is 24.3 Å². The van der Waals surface area contributed by atoms with E-state index in [-0.39, 0.29) is 17.7 Å². The first-order valence-corrected chi connectivity index (χ1v) is 10.6. The van der Waals surface area contributed by atoms with Crippen molar-refractivity contribution < 1.29 is 23.4 Å². The van der Waals surface area contributed by atoms with E-state index in [1.165, 1.54) is 43.2 Å². The van der Waals surface area contributed by atoms with Gasteiger partial charge in [-0.05, 0) is 42.7 Å². The monoisotopic (exact) mass is 407 g/mol. The van der Waals surface area contributed by atoms with Crippen molar-refractivity contribution in [1.82, 2.24) is 0 Å². The number of hydrogen-bond acceptors (Lipinski definition) is 4. The normalized spacial score (nSPS) is 12.6. The molecule has 0 aromatic heterocycles. The third kappa shape index (κ3) is 8.85. The Hall–Kier alpha value is -0.760. The van der Waals surface area contributed by atoms with E-state index in [0.29, 0.717) is 11.3 Å². The maximum absolute atomic E-state index is 13.4. The van der Waals surface area contributed by atoms with Crippen LogP contribution in [-0.2, 0) is 12.6 Å². The van der Waals surface area contributed by atoms with E-state index in [2.05, 4.69) is 6.92 Å². The summed E-state index contributed by atoms with van der Waals surface area (Å²) in [6.07, 6.45) is 2.74. The molecule has 0 unspecified atom stereocenters. The average molecular weight is 408 g/mol. The van der Waals surface area contributed by atoms with Crippen LogP contribution in [0.1, 0.15) is 63.0 Å². The van der Waals surface area contributed by atoms with Crippen molar-refractivity contribution >= 4 is 11.8 Å². The Morgan fingerprint density at radius 3 is 2.22 bits per heavy atom. The summed E-state index contributed by atoms with van der Waals surface area (Å²) in [5.74, 6) is 0.676. The van der Waals surface area contributed by atoms with Crippen molar-refractivity contribution in [3.05, 3.63) is 29.3 Å². The van der Waals surface area contributed by atoms with Crippen molar-refractivity contribution in [3.63, 3.8) is 0 Å². The first-order valence-electron chi connectivity index (χ1n) is 9.59. The fraction of sp³-hybridized carbons (Fsp3) is 0.700. The molecule has 0 aliphatic rings. The molecule has 0 aliphatic carbocycles. The number of alkyl halides is 3. The van der Waals surface area contributed by atoms with Crippen LogP contribution >= 0.6 is 11.8 Å². The summed E-state index contributed by atoms with van der Waals surface area (Å²) in [5.41, 5.74) is 4.50. The lowest BCUT2D eigenvalue weighted by Gasteiger charge is -2.24. The Kier molecular flexibility index (Phi) is 10.7. The van der Waals surface area contributed by atoms with Crippen LogP contribution in [0.15, 0.2) is 23.1 Å². The van der Waals surface area contributed by atoms with Gasteiger partial charge in [-0.25, -0.2) is 0 Å². The molecule has 0 amide bonds. The second-order valence-corrected chi connectivity index (χ2v) is 8.26. The van der Waals surface area contributed by atoms with Gasteiger partial charge in [0, 0.05) is 4.90 Å². The van der Waals surface area contributed by atoms with Crippen molar-refractivity contribution in [2.24, 2.45) is 5.73 Å². The highest BCUT2D eigenvalue weighted by Crippen LogP contribution is 2.38. The van der Waals surface area contributed by atoms with Gasteiger partial charge in [0.1, 0.15) is 0 Å². The van der Waals surface area contributed by atoms with E-state index < -0.39 is 30.5 Å². The molecular formula is C20H32F3NO2S. The van der Waals surface area contributed by atoms with Gasteiger partial charge in [0.2, 0.25) is 0 Å². The van der Waals surface area contributed by atoms with E-state index in [0.717, 1.165) is 19.3 Å². The third-order valence-corrected chi connectivity index (χ3v) is 5.81. The van der Waals surface area contributed by atoms with Gasteiger partial charge < -0.3 is 15.9 Å². The molecule has 156 valence electrons. The molecule has 1 rings (SSSR count). The first kappa shape index (κ1) is 24.3. The topological polar surface area (TPSA) is 66.5 Å². The summed E-state index contributed by atoms with van der Waals surface area (Å²) in [6.45, 7) is 1.32. The van der Waals surface area contributed by atoms with Crippen molar-refractivity contribution in [3.8, 4) is 0 Å². The molecule has 27 heavy (non-hydrogen) atoms. The molecule has 0 aliphatic heterocycles. The Bertz CT molecular complexity index is 549. The Morgan fingerprint density at radius 1 is 1.00 bits per heavy atom. The average Bonchev–Trinajstić information content (AvgIpc) is 2.65. The molecule has 1 aromatic rings. The largest absolute Gasteiger partial charge is 0.417 e. The number of rotatable bonds is 13. The highest BCUT2D eigenvalue weighted by Gasteiger charge is 2.34. The Labute approximate surface area is 164 Å². The lowest BCUT2D eigenvalue weighted by Crippen LogP contribution is -2.47. The molecule has 0 radical (unpaired) electrons. The smallest absolute Gasteiger partial charge is 0.394 e. The molecule has 0 saturated heterocycles. The Balaban J connectivity index is 2.68. The minimum absolute atomic E-state index is 0.210. The standard InChI is InChI=1S/C20H32F3NO2S/c1-2-3-4-5-6-7-12-27-18-9-8-16(13-17(18)20(21,22)23)10-11-19(24,14-25)15-26/h8-9,13,25-26H,2-7,10-12,14-15,24H2,1H3. The maximum Gasteiger partial charge on any atom is 0.417 e. The molecule has 0 saturated carbocycles. The van der Waals surface area contributed by atoms with Crippen LogP contribution in [0.2, 0.25) is 0 Å². The maximum atomic E-state index is 13.4. The molecule has 0 fully saturated rings. The van der Waals surface area contributed by atoms with Gasteiger partial charge in [-0.1, -0.05) is 45.1 Å². The van der Waals surface area contributed by atoms with Crippen LogP contribution < -0.4 is 5.73 Å². The predicted octanol–water partition coefficient (Wildman–Crippen LogP) is 4.77. The number of thioether (sulfide) groups is 1. The minimum atomic E-state index is -4.41. The van der Waals surface area contributed by atoms with Crippen LogP contribution in [0.4, 0.5) is 13.2 Å². The van der Waals surface area contributed by atoms with Gasteiger partial charge in [0.25, 0.3) is 0 Å². The molecule has 4 N–H and O–H groups in total. The van der Waals surface area contributed by atoms with Gasteiger partial charge in [0.15, 0.2) is 0 Å². The summed E-state index contributed by atoms with van der Waals surface area (Å²) < 4.78 is 40.3. The molecular weight excluding hydrogens is 375 g/mol. The van der Waals surface area contributed by atoms with Gasteiger partial charge in [-0.3, -0.25) is 0 Å². The summed E-state index contributed by atoms with van der Waals surface area (Å²) in [4.78, 5) is 0.253. The third-order valence-electron chi connectivity index (χ3n) is 4.65. The van der Waals surface area contributed by atoms with Gasteiger partial charge in [-0.15, -0.1) is 11.8 Å². The van der Waals surface area contributed by atoms with Crippen LogP contribution in [0.3, 0.4) is 0 Å². The number of aliphatic hydroxyl groups excluding tert-OH is 2. The van der Waals surface area contributed by atoms with Crippen LogP contribution in [0, 0.1) is 0 Å². The molecule has 7 heteroatoms. The summed E-state index contributed by atoms with van der Waals surface area (Å²) in [6, 6.07) is 4.36. The van der Waals surface area contributed by atoms with E-state index in [1.54, 1.807) is 6.07 Å². The van der Waals surface area contributed by atoms with Crippen LogP contribution in [0.25, 0.3) is 0 Å². The van der Waals surface area contributed by atoms with E-state index in [4.69, 9.17) is 5.73 Å². The number of halogens is 3. The summed E-state index contributed by atoms with van der Waals surface area (Å²) in [5, 5.41) is 18.4. The molecule has 0 spiro atoms. The van der Waals surface area contributed by atoms with E-state index in [9.17, 15) is 23.4 Å². The Morgan fingerprint density at radius 2 is 1.63 bits per heavy atom. The molecule has 0 bridgehead atoms. The fourth-order valence-electron chi connectivity index (χ4n) is 2.75. The van der Waals surface area contributed by atoms with Crippen molar-refractivity contribution in [2.75, 3.05) is 19.0 Å². The zero-order chi connectivity index (χ0) is 20.3. The highest BCUT2D eigenvalue weighted by atomic mass is 32.2. The summed E-state index contributed by atoms with van der Waals surface area (Å²) in [7, 11) is 0. The second-order valence-electron chi connectivity index (χ2n) is 7.12. The highest BCUT2D eigenvalue weighted by molar-refractivity contribution is 7.99. The number of unbranched alkanes of at least 4 members (excludes halogenated alkanes) is 5. The SMILES string of the molecule is CCCCCCCCSc1ccc(CCC(N)(CO)CO)cc1C(F)(F)F. The zero-order valence-corrected chi connectivity index (χ0v) is 16.8. The molecule has 1 aromatic carbocycles. The van der Waals surface area contributed by atoms with E-state index in [1.807, 2.05) is 0 Å². The lowest BCUT2D eigenvalue weighted by atomic mass is 9.93. The van der Waals surface area contributed by atoms with Gasteiger partial charge >= 0.3 is 6.18 Å². The van der Waals surface area contributed by atoms with Gasteiger partial charge in [-0.2, -0.15) is 13.2 Å². The predicted molar refractivity (Wildman–Crippen MR) is 105 cm³/mol.